The molecule has 4 aromatic rings. The lowest BCUT2D eigenvalue weighted by Crippen LogP contribution is -2.17. The van der Waals surface area contributed by atoms with E-state index in [1.54, 1.807) is 55.5 Å². The average molecular weight is 401 g/mol. The van der Waals surface area contributed by atoms with Crippen molar-refractivity contribution in [2.45, 2.75) is 6.92 Å². The molecular weight excluding hydrogens is 385 g/mol. The fourth-order valence-corrected chi connectivity index (χ4v) is 3.03. The molecule has 1 amide bonds. The lowest BCUT2D eigenvalue weighted by atomic mass is 9.98. The summed E-state index contributed by atoms with van der Waals surface area (Å²) >= 11 is 0. The molecule has 1 heterocycles. The number of aromatic nitrogens is 4. The molecular formula is C22H16FN5O2. The van der Waals surface area contributed by atoms with Crippen molar-refractivity contribution >= 4 is 17.4 Å². The van der Waals surface area contributed by atoms with E-state index in [9.17, 15) is 14.0 Å². The number of halogens is 1. The highest BCUT2D eigenvalue weighted by molar-refractivity contribution is 6.17. The molecule has 0 aliphatic rings. The van der Waals surface area contributed by atoms with Crippen molar-refractivity contribution in [1.82, 2.24) is 20.2 Å². The van der Waals surface area contributed by atoms with Crippen molar-refractivity contribution in [3.8, 4) is 5.69 Å². The molecule has 8 heteroatoms. The predicted molar refractivity (Wildman–Crippen MR) is 108 cm³/mol. The monoisotopic (exact) mass is 401 g/mol. The highest BCUT2D eigenvalue weighted by Gasteiger charge is 2.19. The summed E-state index contributed by atoms with van der Waals surface area (Å²) in [5.74, 6) is -0.884. The van der Waals surface area contributed by atoms with E-state index in [1.807, 2.05) is 6.07 Å². The van der Waals surface area contributed by atoms with Crippen molar-refractivity contribution in [2.75, 3.05) is 5.32 Å². The fraction of sp³-hybridized carbons (Fsp3) is 0.0455. The molecule has 0 atom stereocenters. The van der Waals surface area contributed by atoms with E-state index in [0.29, 0.717) is 17.1 Å². The van der Waals surface area contributed by atoms with Gasteiger partial charge in [0.05, 0.1) is 5.56 Å². The van der Waals surface area contributed by atoms with E-state index in [2.05, 4.69) is 20.8 Å². The number of hydrogen-bond donors (Lipinski definition) is 1. The van der Waals surface area contributed by atoms with Crippen LogP contribution in [0.4, 0.5) is 10.1 Å². The summed E-state index contributed by atoms with van der Waals surface area (Å²) in [6.45, 7) is 1.64. The van der Waals surface area contributed by atoms with Crippen molar-refractivity contribution < 1.29 is 14.0 Å². The number of carbonyl (C=O) groups is 2. The molecule has 0 aliphatic carbocycles. The zero-order valence-electron chi connectivity index (χ0n) is 15.9. The Bertz CT molecular complexity index is 1240. The highest BCUT2D eigenvalue weighted by Crippen LogP contribution is 2.21. The molecule has 0 bridgehead atoms. The number of tetrazole rings is 1. The molecule has 4 rings (SSSR count). The number of amides is 1. The third-order valence-corrected chi connectivity index (χ3v) is 4.51. The second-order valence-corrected chi connectivity index (χ2v) is 6.50. The number of benzene rings is 3. The van der Waals surface area contributed by atoms with Crippen molar-refractivity contribution in [2.24, 2.45) is 0 Å². The van der Waals surface area contributed by atoms with Crippen LogP contribution in [0.15, 0.2) is 72.8 Å². The molecule has 1 N–H and O–H groups in total. The minimum absolute atomic E-state index is 0.101. The summed E-state index contributed by atoms with van der Waals surface area (Å²) in [6, 6.07) is 19.3. The third-order valence-electron chi connectivity index (χ3n) is 4.51. The SMILES string of the molecule is Cc1nnnn1-c1cc(NC(=O)c2ccccc2C(=O)c2ccccc2)ccc1F. The number of carbonyl (C=O) groups excluding carboxylic acids is 2. The zero-order valence-corrected chi connectivity index (χ0v) is 15.9. The van der Waals surface area contributed by atoms with Gasteiger partial charge in [-0.15, -0.1) is 5.10 Å². The smallest absolute Gasteiger partial charge is 0.256 e. The van der Waals surface area contributed by atoms with Gasteiger partial charge >= 0.3 is 0 Å². The second-order valence-electron chi connectivity index (χ2n) is 6.50. The Morgan fingerprint density at radius 2 is 1.63 bits per heavy atom. The van der Waals surface area contributed by atoms with Gasteiger partial charge in [0.1, 0.15) is 11.5 Å². The number of aryl methyl sites for hydroxylation is 1. The lowest BCUT2D eigenvalue weighted by Gasteiger charge is -2.11. The molecule has 7 nitrogen and oxygen atoms in total. The number of hydrogen-bond acceptors (Lipinski definition) is 5. The van der Waals surface area contributed by atoms with Gasteiger partial charge in [-0.2, -0.15) is 4.68 Å². The van der Waals surface area contributed by atoms with Gasteiger partial charge in [0.15, 0.2) is 11.6 Å². The maximum atomic E-state index is 14.3. The number of ketones is 1. The van der Waals surface area contributed by atoms with Gasteiger partial charge < -0.3 is 5.32 Å². The molecule has 0 saturated heterocycles. The second kappa shape index (κ2) is 8.04. The first kappa shape index (κ1) is 19.1. The van der Waals surface area contributed by atoms with E-state index in [-0.39, 0.29) is 22.6 Å². The Morgan fingerprint density at radius 3 is 2.33 bits per heavy atom. The van der Waals surface area contributed by atoms with E-state index in [1.165, 1.54) is 22.9 Å². The van der Waals surface area contributed by atoms with Crippen LogP contribution in [-0.2, 0) is 0 Å². The highest BCUT2D eigenvalue weighted by atomic mass is 19.1. The maximum Gasteiger partial charge on any atom is 0.256 e. The first-order valence-corrected chi connectivity index (χ1v) is 9.09. The summed E-state index contributed by atoms with van der Waals surface area (Å²) in [7, 11) is 0. The molecule has 0 spiro atoms. The molecule has 3 aromatic carbocycles. The van der Waals surface area contributed by atoms with Crippen molar-refractivity contribution in [1.29, 1.82) is 0 Å². The van der Waals surface area contributed by atoms with Crippen LogP contribution in [0, 0.1) is 12.7 Å². The van der Waals surface area contributed by atoms with E-state index >= 15 is 0 Å². The minimum Gasteiger partial charge on any atom is -0.322 e. The largest absolute Gasteiger partial charge is 0.322 e. The van der Waals surface area contributed by atoms with Crippen LogP contribution < -0.4 is 5.32 Å². The lowest BCUT2D eigenvalue weighted by molar-refractivity contribution is 0.0996. The minimum atomic E-state index is -0.539. The first-order chi connectivity index (χ1) is 14.5. The quantitative estimate of drug-likeness (QED) is 0.516. The van der Waals surface area contributed by atoms with Crippen LogP contribution in [0.25, 0.3) is 5.69 Å². The number of nitrogens with one attached hydrogen (secondary N) is 1. The van der Waals surface area contributed by atoms with Gasteiger partial charge in [-0.3, -0.25) is 9.59 Å². The third kappa shape index (κ3) is 3.70. The van der Waals surface area contributed by atoms with Gasteiger partial charge in [0.2, 0.25) is 0 Å². The summed E-state index contributed by atoms with van der Waals surface area (Å²) < 4.78 is 15.5. The topological polar surface area (TPSA) is 89.8 Å². The number of anilines is 1. The molecule has 1 aromatic heterocycles. The van der Waals surface area contributed by atoms with Crippen molar-refractivity contribution in [3.63, 3.8) is 0 Å². The molecule has 0 aliphatic heterocycles. The van der Waals surface area contributed by atoms with Crippen LogP contribution in [0.1, 0.15) is 32.1 Å². The summed E-state index contributed by atoms with van der Waals surface area (Å²) in [5.41, 5.74) is 1.42. The van der Waals surface area contributed by atoms with Crippen LogP contribution in [0.5, 0.6) is 0 Å². The summed E-state index contributed by atoms with van der Waals surface area (Å²) in [5, 5.41) is 13.7. The molecule has 0 saturated carbocycles. The maximum absolute atomic E-state index is 14.3. The Kier molecular flexibility index (Phi) is 5.13. The summed E-state index contributed by atoms with van der Waals surface area (Å²) in [4.78, 5) is 25.8. The van der Waals surface area contributed by atoms with Crippen LogP contribution in [0.3, 0.4) is 0 Å². The molecule has 30 heavy (non-hydrogen) atoms. The van der Waals surface area contributed by atoms with Gasteiger partial charge in [-0.05, 0) is 41.6 Å². The predicted octanol–water partition coefficient (Wildman–Crippen LogP) is 3.59. The Balaban J connectivity index is 1.65. The zero-order chi connectivity index (χ0) is 21.1. The van der Waals surface area contributed by atoms with Crippen LogP contribution >= 0.6 is 0 Å². The van der Waals surface area contributed by atoms with E-state index in [4.69, 9.17) is 0 Å². The van der Waals surface area contributed by atoms with E-state index in [0.717, 1.165) is 0 Å². The molecule has 0 unspecified atom stereocenters. The fourth-order valence-electron chi connectivity index (χ4n) is 3.03. The van der Waals surface area contributed by atoms with E-state index < -0.39 is 11.7 Å². The van der Waals surface area contributed by atoms with Gasteiger partial charge in [0, 0.05) is 16.8 Å². The van der Waals surface area contributed by atoms with Crippen molar-refractivity contribution in [3.05, 3.63) is 101 Å². The first-order valence-electron chi connectivity index (χ1n) is 9.09. The molecule has 0 fully saturated rings. The van der Waals surface area contributed by atoms with Crippen LogP contribution in [-0.4, -0.2) is 31.9 Å². The number of rotatable bonds is 5. The Hall–Kier alpha value is -4.20. The molecule has 148 valence electrons. The van der Waals surface area contributed by atoms with Gasteiger partial charge in [0.25, 0.3) is 5.91 Å². The normalized spacial score (nSPS) is 10.6. The molecule has 0 radical (unpaired) electrons. The van der Waals surface area contributed by atoms with Crippen LogP contribution in [0.2, 0.25) is 0 Å². The Morgan fingerprint density at radius 1 is 0.933 bits per heavy atom. The standard InChI is InChI=1S/C22H16FN5O2/c1-14-25-26-27-28(14)20-13-16(11-12-19(20)23)24-22(30)18-10-6-5-9-17(18)21(29)15-7-3-2-4-8-15/h2-13H,1H3,(H,24,30). The average Bonchev–Trinajstić information content (AvgIpc) is 3.20. The Labute approximate surface area is 171 Å². The number of nitrogens with zero attached hydrogens (tertiary/aromatic N) is 4. The van der Waals surface area contributed by atoms with Gasteiger partial charge in [-0.1, -0.05) is 48.5 Å². The summed E-state index contributed by atoms with van der Waals surface area (Å²) in [6.07, 6.45) is 0. The van der Waals surface area contributed by atoms with Gasteiger partial charge in [-0.25, -0.2) is 4.39 Å².